The van der Waals surface area contributed by atoms with Crippen molar-refractivity contribution in [2.75, 3.05) is 19.6 Å². The first-order valence-corrected chi connectivity index (χ1v) is 9.75. The zero-order chi connectivity index (χ0) is 20.4. The van der Waals surface area contributed by atoms with E-state index in [0.717, 1.165) is 34.7 Å². The Morgan fingerprint density at radius 3 is 2.76 bits per heavy atom. The zero-order valence-corrected chi connectivity index (χ0v) is 16.6. The highest BCUT2D eigenvalue weighted by Crippen LogP contribution is 2.24. The third kappa shape index (κ3) is 3.91. The Balaban J connectivity index is 1.58. The Kier molecular flexibility index (Phi) is 5.40. The quantitative estimate of drug-likeness (QED) is 0.740. The Bertz CT molecular complexity index is 1000. The van der Waals surface area contributed by atoms with E-state index in [4.69, 9.17) is 0 Å². The van der Waals surface area contributed by atoms with E-state index in [-0.39, 0.29) is 24.2 Å². The van der Waals surface area contributed by atoms with Gasteiger partial charge in [0.1, 0.15) is 5.82 Å². The number of nitrogens with one attached hydrogen (secondary N) is 1. The van der Waals surface area contributed by atoms with Gasteiger partial charge in [-0.05, 0) is 49.7 Å². The number of carbonyl (C=O) groups excluding carboxylic acids is 1. The Labute approximate surface area is 169 Å². The number of carbonyl (C=O) groups is 1. The van der Waals surface area contributed by atoms with Crippen LogP contribution in [0.25, 0.3) is 5.69 Å². The first kappa shape index (κ1) is 19.3. The molecule has 1 aliphatic heterocycles. The maximum absolute atomic E-state index is 13.3. The lowest BCUT2D eigenvalue weighted by molar-refractivity contribution is -0.133. The summed E-state index contributed by atoms with van der Waals surface area (Å²) in [4.78, 5) is 19.4. The van der Waals surface area contributed by atoms with E-state index in [2.05, 4.69) is 15.4 Å². The van der Waals surface area contributed by atoms with Crippen LogP contribution in [0.15, 0.2) is 48.8 Å². The molecule has 6 nitrogen and oxygen atoms in total. The summed E-state index contributed by atoms with van der Waals surface area (Å²) < 4.78 is 15.0. The van der Waals surface area contributed by atoms with Gasteiger partial charge in [-0.3, -0.25) is 9.78 Å². The minimum atomic E-state index is -0.286. The molecule has 1 saturated heterocycles. The molecule has 3 heterocycles. The molecule has 4 rings (SSSR count). The second kappa shape index (κ2) is 8.13. The number of rotatable bonds is 4. The maximum Gasteiger partial charge on any atom is 0.227 e. The van der Waals surface area contributed by atoms with Crippen LogP contribution < -0.4 is 5.32 Å². The van der Waals surface area contributed by atoms with Gasteiger partial charge in [0.15, 0.2) is 0 Å². The minimum Gasteiger partial charge on any atom is -0.333 e. The monoisotopic (exact) mass is 393 g/mol. The van der Waals surface area contributed by atoms with Gasteiger partial charge >= 0.3 is 0 Å². The fourth-order valence-corrected chi connectivity index (χ4v) is 3.89. The zero-order valence-electron chi connectivity index (χ0n) is 16.6. The number of hydrogen-bond donors (Lipinski definition) is 1. The highest BCUT2D eigenvalue weighted by atomic mass is 19.1. The summed E-state index contributed by atoms with van der Waals surface area (Å²) in [5.41, 5.74) is 4.44. The predicted molar refractivity (Wildman–Crippen MR) is 108 cm³/mol. The molecule has 0 aliphatic carbocycles. The first-order chi connectivity index (χ1) is 14.0. The molecular formula is C22H24FN5O. The molecule has 1 amide bonds. The molecule has 29 heavy (non-hydrogen) atoms. The van der Waals surface area contributed by atoms with E-state index < -0.39 is 0 Å². The van der Waals surface area contributed by atoms with Crippen LogP contribution in [-0.4, -0.2) is 45.2 Å². The lowest BCUT2D eigenvalue weighted by atomic mass is 10.0. The number of hydrogen-bond acceptors (Lipinski definition) is 4. The number of benzene rings is 1. The van der Waals surface area contributed by atoms with Crippen molar-refractivity contribution in [3.63, 3.8) is 0 Å². The van der Waals surface area contributed by atoms with E-state index in [1.807, 2.05) is 37.1 Å². The summed E-state index contributed by atoms with van der Waals surface area (Å²) in [6, 6.07) is 10.1. The Morgan fingerprint density at radius 1 is 1.24 bits per heavy atom. The van der Waals surface area contributed by atoms with E-state index in [0.29, 0.717) is 13.1 Å². The lowest BCUT2D eigenvalue weighted by Crippen LogP contribution is -2.49. The summed E-state index contributed by atoms with van der Waals surface area (Å²) in [5, 5.41) is 7.95. The molecule has 3 aromatic rings. The highest BCUT2D eigenvalue weighted by Gasteiger charge is 2.29. The SMILES string of the molecule is Cc1nn(-c2ccc(F)cc2)c(C)c1CC(=O)N1CCNCC1c1cccnc1. The molecule has 1 aliphatic rings. The molecule has 1 N–H and O–H groups in total. The van der Waals surface area contributed by atoms with Crippen molar-refractivity contribution >= 4 is 5.91 Å². The van der Waals surface area contributed by atoms with Crippen molar-refractivity contribution < 1.29 is 9.18 Å². The normalized spacial score (nSPS) is 16.8. The summed E-state index contributed by atoms with van der Waals surface area (Å²) in [5.74, 6) is -0.212. The number of piperazine rings is 1. The van der Waals surface area contributed by atoms with E-state index in [9.17, 15) is 9.18 Å². The van der Waals surface area contributed by atoms with Gasteiger partial charge in [-0.2, -0.15) is 5.10 Å². The molecule has 0 saturated carbocycles. The number of nitrogens with zero attached hydrogens (tertiary/aromatic N) is 4. The maximum atomic E-state index is 13.3. The van der Waals surface area contributed by atoms with Crippen molar-refractivity contribution in [2.24, 2.45) is 0 Å². The van der Waals surface area contributed by atoms with Crippen molar-refractivity contribution in [1.82, 2.24) is 25.0 Å². The molecule has 7 heteroatoms. The molecule has 1 aromatic carbocycles. The smallest absolute Gasteiger partial charge is 0.227 e. The van der Waals surface area contributed by atoms with Crippen LogP contribution in [-0.2, 0) is 11.2 Å². The number of halogens is 1. The number of pyridine rings is 1. The van der Waals surface area contributed by atoms with Crippen LogP contribution in [0, 0.1) is 19.7 Å². The number of amides is 1. The standard InChI is InChI=1S/C22H24FN5O/c1-15-20(16(2)28(26-15)19-7-5-18(23)6-8-19)12-22(29)27-11-10-25-14-21(27)17-4-3-9-24-13-17/h3-9,13,21,25H,10-12,14H2,1-2H3. The van der Waals surface area contributed by atoms with Crippen molar-refractivity contribution in [3.05, 3.63) is 77.1 Å². The molecule has 1 atom stereocenters. The molecule has 0 spiro atoms. The molecule has 0 bridgehead atoms. The number of aryl methyl sites for hydroxylation is 1. The van der Waals surface area contributed by atoms with Crippen molar-refractivity contribution in [2.45, 2.75) is 26.3 Å². The number of aromatic nitrogens is 3. The van der Waals surface area contributed by atoms with Crippen LogP contribution in [0.5, 0.6) is 0 Å². The predicted octanol–water partition coefficient (Wildman–Crippen LogP) is 2.74. The molecule has 2 aromatic heterocycles. The fraction of sp³-hybridized carbons (Fsp3) is 0.318. The van der Waals surface area contributed by atoms with Crippen LogP contribution in [0.4, 0.5) is 4.39 Å². The van der Waals surface area contributed by atoms with Crippen LogP contribution >= 0.6 is 0 Å². The Morgan fingerprint density at radius 2 is 2.03 bits per heavy atom. The van der Waals surface area contributed by atoms with Crippen LogP contribution in [0.2, 0.25) is 0 Å². The topological polar surface area (TPSA) is 63.1 Å². The van der Waals surface area contributed by atoms with Gasteiger partial charge in [0.25, 0.3) is 0 Å². The van der Waals surface area contributed by atoms with Crippen molar-refractivity contribution in [3.8, 4) is 5.69 Å². The molecule has 1 fully saturated rings. The van der Waals surface area contributed by atoms with Gasteiger partial charge < -0.3 is 10.2 Å². The fourth-order valence-electron chi connectivity index (χ4n) is 3.89. The van der Waals surface area contributed by atoms with Crippen LogP contribution in [0.1, 0.15) is 28.6 Å². The van der Waals surface area contributed by atoms with Crippen LogP contribution in [0.3, 0.4) is 0 Å². The van der Waals surface area contributed by atoms with Gasteiger partial charge in [-0.15, -0.1) is 0 Å². The second-order valence-corrected chi connectivity index (χ2v) is 7.31. The average Bonchev–Trinajstić information content (AvgIpc) is 3.03. The summed E-state index contributed by atoms with van der Waals surface area (Å²) in [6.07, 6.45) is 3.85. The minimum absolute atomic E-state index is 0.0299. The van der Waals surface area contributed by atoms with Gasteiger partial charge in [0.05, 0.1) is 23.8 Å². The van der Waals surface area contributed by atoms with E-state index >= 15 is 0 Å². The third-order valence-corrected chi connectivity index (χ3v) is 5.47. The molecule has 0 radical (unpaired) electrons. The van der Waals surface area contributed by atoms with E-state index in [1.54, 1.807) is 23.0 Å². The summed E-state index contributed by atoms with van der Waals surface area (Å²) in [6.45, 7) is 6.00. The summed E-state index contributed by atoms with van der Waals surface area (Å²) >= 11 is 0. The van der Waals surface area contributed by atoms with Gasteiger partial charge in [-0.1, -0.05) is 6.07 Å². The van der Waals surface area contributed by atoms with Gasteiger partial charge in [0.2, 0.25) is 5.91 Å². The lowest BCUT2D eigenvalue weighted by Gasteiger charge is -2.36. The van der Waals surface area contributed by atoms with Crippen molar-refractivity contribution in [1.29, 1.82) is 0 Å². The molecule has 1 unspecified atom stereocenters. The van der Waals surface area contributed by atoms with E-state index in [1.165, 1.54) is 12.1 Å². The largest absolute Gasteiger partial charge is 0.333 e. The molecular weight excluding hydrogens is 369 g/mol. The first-order valence-electron chi connectivity index (χ1n) is 9.75. The average molecular weight is 393 g/mol. The summed E-state index contributed by atoms with van der Waals surface area (Å²) in [7, 11) is 0. The van der Waals surface area contributed by atoms with Gasteiger partial charge in [0, 0.05) is 43.3 Å². The second-order valence-electron chi connectivity index (χ2n) is 7.31. The van der Waals surface area contributed by atoms with Gasteiger partial charge in [-0.25, -0.2) is 9.07 Å². The Hall–Kier alpha value is -3.06. The molecule has 150 valence electrons. The third-order valence-electron chi connectivity index (χ3n) is 5.47. The highest BCUT2D eigenvalue weighted by molar-refractivity contribution is 5.80.